The van der Waals surface area contributed by atoms with Crippen LogP contribution in [0.2, 0.25) is 0 Å². The van der Waals surface area contributed by atoms with Gasteiger partial charge in [0, 0.05) is 31.4 Å². The number of anilines is 1. The van der Waals surface area contributed by atoms with E-state index < -0.39 is 0 Å². The maximum Gasteiger partial charge on any atom is 0.228 e. The molecule has 2 aromatic rings. The number of nitrogens with one attached hydrogen (secondary N) is 1. The Morgan fingerprint density at radius 2 is 2.25 bits per heavy atom. The first kappa shape index (κ1) is 16.6. The van der Waals surface area contributed by atoms with Gasteiger partial charge in [-0.05, 0) is 41.4 Å². The summed E-state index contributed by atoms with van der Waals surface area (Å²) in [6.45, 7) is 7.32. The van der Waals surface area contributed by atoms with Crippen LogP contribution in [0, 0.1) is 11.8 Å². The molecule has 1 N–H and O–H groups in total. The highest BCUT2D eigenvalue weighted by Gasteiger charge is 2.28. The number of aryl methyl sites for hydroxylation is 1. The number of nitrogens with zero attached hydrogens (tertiary/aromatic N) is 5. The molecule has 0 saturated carbocycles. The van der Waals surface area contributed by atoms with Crippen molar-refractivity contribution >= 4 is 11.6 Å². The van der Waals surface area contributed by atoms with Gasteiger partial charge in [-0.25, -0.2) is 4.68 Å². The highest BCUT2D eigenvalue weighted by atomic mass is 16.1. The molecule has 24 heavy (non-hydrogen) atoms. The van der Waals surface area contributed by atoms with Crippen molar-refractivity contribution in [1.82, 2.24) is 25.1 Å². The van der Waals surface area contributed by atoms with E-state index in [1.54, 1.807) is 11.7 Å². The third kappa shape index (κ3) is 3.79. The van der Waals surface area contributed by atoms with Gasteiger partial charge in [0.2, 0.25) is 5.91 Å². The smallest absolute Gasteiger partial charge is 0.228 e. The number of benzene rings is 1. The van der Waals surface area contributed by atoms with E-state index in [-0.39, 0.29) is 11.8 Å². The van der Waals surface area contributed by atoms with Crippen LogP contribution in [-0.4, -0.2) is 50.6 Å². The number of rotatable bonds is 5. The lowest BCUT2D eigenvalue weighted by atomic mass is 10.1. The van der Waals surface area contributed by atoms with E-state index in [1.807, 2.05) is 24.3 Å². The fourth-order valence-corrected chi connectivity index (χ4v) is 3.18. The molecule has 128 valence electrons. The van der Waals surface area contributed by atoms with E-state index in [9.17, 15) is 4.79 Å². The summed E-state index contributed by atoms with van der Waals surface area (Å²) in [6.07, 6.45) is 0.922. The molecule has 0 bridgehead atoms. The summed E-state index contributed by atoms with van der Waals surface area (Å²) in [5, 5.41) is 14.5. The summed E-state index contributed by atoms with van der Waals surface area (Å²) in [5.74, 6) is 1.46. The van der Waals surface area contributed by atoms with Crippen LogP contribution in [0.1, 0.15) is 20.3 Å². The molecule has 1 aliphatic heterocycles. The number of aromatic nitrogens is 4. The zero-order valence-corrected chi connectivity index (χ0v) is 14.4. The number of amides is 1. The lowest BCUT2D eigenvalue weighted by Gasteiger charge is -2.18. The van der Waals surface area contributed by atoms with Gasteiger partial charge in [0.1, 0.15) is 0 Å². The third-order valence-electron chi connectivity index (χ3n) is 4.27. The molecule has 1 saturated heterocycles. The van der Waals surface area contributed by atoms with Crippen LogP contribution in [0.4, 0.5) is 5.69 Å². The third-order valence-corrected chi connectivity index (χ3v) is 4.27. The monoisotopic (exact) mass is 328 g/mol. The summed E-state index contributed by atoms with van der Waals surface area (Å²) < 4.78 is 1.61. The van der Waals surface area contributed by atoms with Crippen molar-refractivity contribution in [3.8, 4) is 11.4 Å². The summed E-state index contributed by atoms with van der Waals surface area (Å²) in [5.41, 5.74) is 1.66. The van der Waals surface area contributed by atoms with Crippen molar-refractivity contribution in [3.05, 3.63) is 24.3 Å². The standard InChI is InChI=1S/C17H24N6O/c1-12(2)10-23-8-7-14(11-23)17(24)18-15-6-4-5-13(9-15)16-19-20-21-22(16)3/h4-6,9,12,14H,7-8,10-11H2,1-3H3,(H,18,24). The maximum absolute atomic E-state index is 12.5. The molecule has 1 aromatic heterocycles. The lowest BCUT2D eigenvalue weighted by molar-refractivity contribution is -0.119. The molecule has 7 heteroatoms. The molecule has 7 nitrogen and oxygen atoms in total. The predicted molar refractivity (Wildman–Crippen MR) is 92.2 cm³/mol. The Labute approximate surface area is 142 Å². The van der Waals surface area contributed by atoms with E-state index >= 15 is 0 Å². The maximum atomic E-state index is 12.5. The Balaban J connectivity index is 1.64. The van der Waals surface area contributed by atoms with E-state index in [2.05, 4.69) is 39.6 Å². The number of hydrogen-bond donors (Lipinski definition) is 1. The Morgan fingerprint density at radius 1 is 1.42 bits per heavy atom. The van der Waals surface area contributed by atoms with Crippen molar-refractivity contribution in [2.24, 2.45) is 18.9 Å². The molecular weight excluding hydrogens is 304 g/mol. The average Bonchev–Trinajstić information content (AvgIpc) is 3.16. The summed E-state index contributed by atoms with van der Waals surface area (Å²) in [6, 6.07) is 7.64. The Kier molecular flexibility index (Phi) is 4.89. The zero-order chi connectivity index (χ0) is 17.1. The highest BCUT2D eigenvalue weighted by molar-refractivity contribution is 5.93. The lowest BCUT2D eigenvalue weighted by Crippen LogP contribution is -2.29. The number of tetrazole rings is 1. The van der Waals surface area contributed by atoms with Gasteiger partial charge in [-0.2, -0.15) is 0 Å². The summed E-state index contributed by atoms with van der Waals surface area (Å²) >= 11 is 0. The zero-order valence-electron chi connectivity index (χ0n) is 14.4. The minimum Gasteiger partial charge on any atom is -0.326 e. The second-order valence-corrected chi connectivity index (χ2v) is 6.84. The highest BCUT2D eigenvalue weighted by Crippen LogP contribution is 2.22. The molecule has 1 fully saturated rings. The second-order valence-electron chi connectivity index (χ2n) is 6.84. The minimum atomic E-state index is 0.0592. The Bertz CT molecular complexity index is 711. The molecule has 1 amide bonds. The van der Waals surface area contributed by atoms with Crippen molar-refractivity contribution < 1.29 is 4.79 Å². The summed E-state index contributed by atoms with van der Waals surface area (Å²) in [4.78, 5) is 14.9. The van der Waals surface area contributed by atoms with Crippen molar-refractivity contribution in [2.45, 2.75) is 20.3 Å². The van der Waals surface area contributed by atoms with Crippen molar-refractivity contribution in [2.75, 3.05) is 25.0 Å². The molecule has 3 rings (SSSR count). The SMILES string of the molecule is CC(C)CN1CCC(C(=O)Nc2cccc(-c3nnnn3C)c2)C1. The molecule has 0 aliphatic carbocycles. The fraction of sp³-hybridized carbons (Fsp3) is 0.529. The van der Waals surface area contributed by atoms with Crippen LogP contribution < -0.4 is 5.32 Å². The van der Waals surface area contributed by atoms with Gasteiger partial charge < -0.3 is 10.2 Å². The van der Waals surface area contributed by atoms with Crippen LogP contribution in [0.15, 0.2) is 24.3 Å². The van der Waals surface area contributed by atoms with Crippen molar-refractivity contribution in [3.63, 3.8) is 0 Å². The van der Waals surface area contributed by atoms with E-state index in [0.717, 1.165) is 37.3 Å². The fourth-order valence-electron chi connectivity index (χ4n) is 3.18. The number of carbonyl (C=O) groups excluding carboxylic acids is 1. The minimum absolute atomic E-state index is 0.0592. The Morgan fingerprint density at radius 3 is 2.96 bits per heavy atom. The molecule has 0 radical (unpaired) electrons. The first-order valence-electron chi connectivity index (χ1n) is 8.39. The van der Waals surface area contributed by atoms with E-state index in [0.29, 0.717) is 11.7 Å². The molecular formula is C17H24N6O. The first-order valence-corrected chi connectivity index (χ1v) is 8.39. The Hall–Kier alpha value is -2.28. The quantitative estimate of drug-likeness (QED) is 0.905. The summed E-state index contributed by atoms with van der Waals surface area (Å²) in [7, 11) is 1.79. The van der Waals surface area contributed by atoms with Gasteiger partial charge in [-0.3, -0.25) is 4.79 Å². The van der Waals surface area contributed by atoms with Gasteiger partial charge in [0.05, 0.1) is 5.92 Å². The van der Waals surface area contributed by atoms with Gasteiger partial charge in [0.25, 0.3) is 0 Å². The van der Waals surface area contributed by atoms with Crippen LogP contribution in [-0.2, 0) is 11.8 Å². The number of hydrogen-bond acceptors (Lipinski definition) is 5. The molecule has 1 aromatic carbocycles. The normalized spacial score (nSPS) is 18.2. The van der Waals surface area contributed by atoms with Gasteiger partial charge in [-0.1, -0.05) is 26.0 Å². The number of likely N-dealkylation sites (tertiary alicyclic amines) is 1. The van der Waals surface area contributed by atoms with Crippen LogP contribution in [0.5, 0.6) is 0 Å². The molecule has 0 spiro atoms. The molecule has 1 aliphatic rings. The predicted octanol–water partition coefficient (Wildman–Crippen LogP) is 1.79. The second kappa shape index (κ2) is 7.09. The molecule has 1 atom stereocenters. The van der Waals surface area contributed by atoms with Gasteiger partial charge in [-0.15, -0.1) is 5.10 Å². The van der Waals surface area contributed by atoms with Crippen molar-refractivity contribution in [1.29, 1.82) is 0 Å². The van der Waals surface area contributed by atoms with Crippen LogP contribution >= 0.6 is 0 Å². The van der Waals surface area contributed by atoms with Crippen LogP contribution in [0.3, 0.4) is 0 Å². The van der Waals surface area contributed by atoms with E-state index in [1.165, 1.54) is 0 Å². The van der Waals surface area contributed by atoms with Crippen LogP contribution in [0.25, 0.3) is 11.4 Å². The largest absolute Gasteiger partial charge is 0.326 e. The average molecular weight is 328 g/mol. The first-order chi connectivity index (χ1) is 11.5. The van der Waals surface area contributed by atoms with E-state index in [4.69, 9.17) is 0 Å². The van der Waals surface area contributed by atoms with Gasteiger partial charge in [0.15, 0.2) is 5.82 Å². The number of carbonyl (C=O) groups is 1. The molecule has 2 heterocycles. The topological polar surface area (TPSA) is 75.9 Å². The molecule has 1 unspecified atom stereocenters. The van der Waals surface area contributed by atoms with Gasteiger partial charge >= 0.3 is 0 Å².